The van der Waals surface area contributed by atoms with Crippen LogP contribution in [0.5, 0.6) is 0 Å². The predicted molar refractivity (Wildman–Crippen MR) is 47.9 cm³/mol. The molecular weight excluding hydrogens is 176 g/mol. The molecule has 1 aliphatic rings. The lowest BCUT2D eigenvalue weighted by atomic mass is 10.2. The minimum atomic E-state index is -2.79. The summed E-state index contributed by atoms with van der Waals surface area (Å²) in [4.78, 5) is 0. The van der Waals surface area contributed by atoms with E-state index in [0.717, 1.165) is 0 Å². The molecular formula is C8H16O3S. The van der Waals surface area contributed by atoms with Crippen LogP contribution in [0.2, 0.25) is 0 Å². The number of hydrogen-bond donors (Lipinski definition) is 0. The molecule has 4 heteroatoms. The molecule has 72 valence electrons. The van der Waals surface area contributed by atoms with Gasteiger partial charge in [0.15, 0.2) is 9.84 Å². The van der Waals surface area contributed by atoms with E-state index in [9.17, 15) is 8.42 Å². The van der Waals surface area contributed by atoms with Crippen molar-refractivity contribution in [2.75, 3.05) is 11.5 Å². The molecule has 0 aliphatic carbocycles. The van der Waals surface area contributed by atoms with Gasteiger partial charge in [0.2, 0.25) is 0 Å². The van der Waals surface area contributed by atoms with Gasteiger partial charge in [0.1, 0.15) is 0 Å². The van der Waals surface area contributed by atoms with E-state index in [-0.39, 0.29) is 23.2 Å². The summed E-state index contributed by atoms with van der Waals surface area (Å²) >= 11 is 0. The van der Waals surface area contributed by atoms with Gasteiger partial charge in [-0.1, -0.05) is 0 Å². The first-order chi connectivity index (χ1) is 5.29. The third-order valence-electron chi connectivity index (χ3n) is 1.71. The maximum absolute atomic E-state index is 11.0. The predicted octanol–water partition coefficient (Wildman–Crippen LogP) is 0.989. The zero-order valence-electron chi connectivity index (χ0n) is 7.83. The van der Waals surface area contributed by atoms with Crippen LogP contribution in [0.15, 0.2) is 0 Å². The molecule has 0 saturated carbocycles. The molecule has 0 amide bonds. The lowest BCUT2D eigenvalue weighted by Gasteiger charge is -2.23. The van der Waals surface area contributed by atoms with Crippen LogP contribution in [-0.4, -0.2) is 31.6 Å². The van der Waals surface area contributed by atoms with E-state index in [2.05, 4.69) is 0 Å². The molecule has 0 aromatic rings. The molecule has 1 unspecified atom stereocenters. The van der Waals surface area contributed by atoms with Gasteiger partial charge >= 0.3 is 0 Å². The van der Waals surface area contributed by atoms with Gasteiger partial charge in [-0.15, -0.1) is 0 Å². The molecule has 0 spiro atoms. The first kappa shape index (κ1) is 9.99. The van der Waals surface area contributed by atoms with Crippen LogP contribution in [-0.2, 0) is 14.6 Å². The molecule has 1 atom stereocenters. The average molecular weight is 192 g/mol. The van der Waals surface area contributed by atoms with E-state index < -0.39 is 9.84 Å². The maximum Gasteiger partial charge on any atom is 0.152 e. The molecule has 1 heterocycles. The second kappa shape index (κ2) is 3.00. The molecule has 1 aliphatic heterocycles. The van der Waals surface area contributed by atoms with Crippen molar-refractivity contribution >= 4 is 9.84 Å². The number of ether oxygens (including phenoxy) is 1. The highest BCUT2D eigenvalue weighted by Gasteiger charge is 2.31. The van der Waals surface area contributed by atoms with Crippen LogP contribution >= 0.6 is 0 Å². The first-order valence-electron chi connectivity index (χ1n) is 4.17. The van der Waals surface area contributed by atoms with Gasteiger partial charge in [-0.3, -0.25) is 0 Å². The van der Waals surface area contributed by atoms with E-state index in [0.29, 0.717) is 6.42 Å². The van der Waals surface area contributed by atoms with Crippen molar-refractivity contribution in [3.8, 4) is 0 Å². The third kappa shape index (κ3) is 3.11. The van der Waals surface area contributed by atoms with Crippen molar-refractivity contribution in [2.45, 2.75) is 38.9 Å². The fourth-order valence-corrected chi connectivity index (χ4v) is 2.94. The minimum absolute atomic E-state index is 0.0880. The number of sulfone groups is 1. The molecule has 1 saturated heterocycles. The Balaban J connectivity index is 2.49. The summed E-state index contributed by atoms with van der Waals surface area (Å²) in [6, 6.07) is 0. The summed E-state index contributed by atoms with van der Waals surface area (Å²) in [6.07, 6.45) is 0.564. The van der Waals surface area contributed by atoms with Gasteiger partial charge in [0.05, 0.1) is 23.2 Å². The van der Waals surface area contributed by atoms with E-state index in [1.807, 2.05) is 20.8 Å². The van der Waals surface area contributed by atoms with Crippen molar-refractivity contribution in [3.63, 3.8) is 0 Å². The summed E-state index contributed by atoms with van der Waals surface area (Å²) in [7, 11) is -2.79. The van der Waals surface area contributed by atoms with Crippen molar-refractivity contribution in [3.05, 3.63) is 0 Å². The van der Waals surface area contributed by atoms with Gasteiger partial charge in [-0.2, -0.15) is 0 Å². The molecule has 0 bridgehead atoms. The van der Waals surface area contributed by atoms with Crippen LogP contribution in [0.3, 0.4) is 0 Å². The minimum Gasteiger partial charge on any atom is -0.372 e. The Kier molecular flexibility index (Phi) is 2.50. The molecule has 0 N–H and O–H groups in total. The maximum atomic E-state index is 11.0. The van der Waals surface area contributed by atoms with Crippen LogP contribution in [0.4, 0.5) is 0 Å². The van der Waals surface area contributed by atoms with Gasteiger partial charge in [0, 0.05) is 0 Å². The standard InChI is InChI=1S/C8H16O3S/c1-8(2,3)11-7-4-5-12(9,10)6-7/h7H,4-6H2,1-3H3. The fourth-order valence-electron chi connectivity index (χ4n) is 1.35. The van der Waals surface area contributed by atoms with E-state index in [1.165, 1.54) is 0 Å². The largest absolute Gasteiger partial charge is 0.372 e. The molecule has 3 nitrogen and oxygen atoms in total. The molecule has 0 aromatic heterocycles. The van der Waals surface area contributed by atoms with Crippen molar-refractivity contribution in [1.29, 1.82) is 0 Å². The van der Waals surface area contributed by atoms with Crippen LogP contribution < -0.4 is 0 Å². The van der Waals surface area contributed by atoms with Gasteiger partial charge < -0.3 is 4.74 Å². The second-order valence-corrected chi connectivity index (χ2v) is 6.48. The smallest absolute Gasteiger partial charge is 0.152 e. The summed E-state index contributed by atoms with van der Waals surface area (Å²) in [5, 5.41) is 0. The van der Waals surface area contributed by atoms with Crippen LogP contribution in [0.25, 0.3) is 0 Å². The summed E-state index contributed by atoms with van der Waals surface area (Å²) in [5.41, 5.74) is -0.232. The Morgan fingerprint density at radius 2 is 1.92 bits per heavy atom. The lowest BCUT2D eigenvalue weighted by Crippen LogP contribution is -2.28. The van der Waals surface area contributed by atoms with Gasteiger partial charge in [0.25, 0.3) is 0 Å². The highest BCUT2D eigenvalue weighted by Crippen LogP contribution is 2.20. The van der Waals surface area contributed by atoms with Gasteiger partial charge in [-0.05, 0) is 27.2 Å². The molecule has 1 rings (SSSR count). The van der Waals surface area contributed by atoms with Crippen molar-refractivity contribution in [2.24, 2.45) is 0 Å². The zero-order chi connectivity index (χ0) is 9.41. The third-order valence-corrected chi connectivity index (χ3v) is 3.45. The van der Waals surface area contributed by atoms with Gasteiger partial charge in [-0.25, -0.2) is 8.42 Å². The SMILES string of the molecule is CC(C)(C)OC1CCS(=O)(=O)C1. The fraction of sp³-hybridized carbons (Fsp3) is 1.00. The van der Waals surface area contributed by atoms with Crippen LogP contribution in [0.1, 0.15) is 27.2 Å². The number of rotatable bonds is 1. The lowest BCUT2D eigenvalue weighted by molar-refractivity contribution is -0.0473. The number of hydrogen-bond acceptors (Lipinski definition) is 3. The molecule has 0 aromatic carbocycles. The summed E-state index contributed by atoms with van der Waals surface area (Å²) in [5.74, 6) is 0.484. The van der Waals surface area contributed by atoms with E-state index >= 15 is 0 Å². The first-order valence-corrected chi connectivity index (χ1v) is 5.99. The van der Waals surface area contributed by atoms with Crippen molar-refractivity contribution in [1.82, 2.24) is 0 Å². The molecule has 0 radical (unpaired) electrons. The highest BCUT2D eigenvalue weighted by molar-refractivity contribution is 7.91. The summed E-state index contributed by atoms with van der Waals surface area (Å²) < 4.78 is 27.6. The normalized spacial score (nSPS) is 29.1. The monoisotopic (exact) mass is 192 g/mol. The van der Waals surface area contributed by atoms with Crippen LogP contribution in [0, 0.1) is 0 Å². The quantitative estimate of drug-likeness (QED) is 0.622. The Bertz CT molecular complexity index is 248. The Labute approximate surface area is 74.0 Å². The molecule has 1 fully saturated rings. The second-order valence-electron chi connectivity index (χ2n) is 4.26. The summed E-state index contributed by atoms with van der Waals surface area (Å²) in [6.45, 7) is 5.83. The van der Waals surface area contributed by atoms with Crippen molar-refractivity contribution < 1.29 is 13.2 Å². The Hall–Kier alpha value is -0.0900. The Morgan fingerprint density at radius 1 is 1.33 bits per heavy atom. The molecule has 12 heavy (non-hydrogen) atoms. The topological polar surface area (TPSA) is 43.4 Å². The highest BCUT2D eigenvalue weighted by atomic mass is 32.2. The zero-order valence-corrected chi connectivity index (χ0v) is 8.65. The van der Waals surface area contributed by atoms with E-state index in [4.69, 9.17) is 4.74 Å². The average Bonchev–Trinajstić information content (AvgIpc) is 2.05. The van der Waals surface area contributed by atoms with E-state index in [1.54, 1.807) is 0 Å². The Morgan fingerprint density at radius 3 is 2.25 bits per heavy atom.